The summed E-state index contributed by atoms with van der Waals surface area (Å²) in [6.45, 7) is 4.69. The van der Waals surface area contributed by atoms with Crippen LogP contribution in [0.4, 0.5) is 0 Å². The quantitative estimate of drug-likeness (QED) is 0.839. The van der Waals surface area contributed by atoms with Gasteiger partial charge in [-0.2, -0.15) is 17.0 Å². The molecule has 0 aromatic heterocycles. The summed E-state index contributed by atoms with van der Waals surface area (Å²) in [5.74, 6) is 0.790. The van der Waals surface area contributed by atoms with Crippen LogP contribution in [0.1, 0.15) is 31.7 Å². The Morgan fingerprint density at radius 2 is 2.05 bits per heavy atom. The van der Waals surface area contributed by atoms with E-state index < -0.39 is 5.54 Å². The molecule has 1 heterocycles. The Morgan fingerprint density at radius 1 is 1.33 bits per heavy atom. The third-order valence-electron chi connectivity index (χ3n) is 3.84. The number of hydrogen-bond acceptors (Lipinski definition) is 4. The van der Waals surface area contributed by atoms with Crippen LogP contribution in [-0.4, -0.2) is 30.8 Å². The lowest BCUT2D eigenvalue weighted by Crippen LogP contribution is -2.44. The van der Waals surface area contributed by atoms with E-state index in [0.29, 0.717) is 5.25 Å². The molecule has 0 radical (unpaired) electrons. The van der Waals surface area contributed by atoms with E-state index in [1.807, 2.05) is 30.0 Å². The molecule has 21 heavy (non-hydrogen) atoms. The van der Waals surface area contributed by atoms with Crippen LogP contribution >= 0.6 is 11.8 Å². The van der Waals surface area contributed by atoms with E-state index in [4.69, 9.17) is 4.74 Å². The summed E-state index contributed by atoms with van der Waals surface area (Å²) in [5, 5.41) is 13.9. The highest BCUT2D eigenvalue weighted by molar-refractivity contribution is 7.99. The zero-order chi connectivity index (χ0) is 15.0. The lowest BCUT2D eigenvalue weighted by Gasteiger charge is -2.31. The molecule has 1 aliphatic heterocycles. The minimum atomic E-state index is -0.583. The molecular formula is C17H24N2OS. The van der Waals surface area contributed by atoms with Crippen LogP contribution in [-0.2, 0) is 10.3 Å². The molecule has 114 valence electrons. The first-order valence-electron chi connectivity index (χ1n) is 7.72. The molecule has 0 aliphatic carbocycles. The van der Waals surface area contributed by atoms with Gasteiger partial charge in [-0.15, -0.1) is 0 Å². The molecule has 3 nitrogen and oxygen atoms in total. The van der Waals surface area contributed by atoms with Crippen molar-refractivity contribution in [2.45, 2.75) is 37.0 Å². The van der Waals surface area contributed by atoms with E-state index in [0.717, 1.165) is 50.3 Å². The molecule has 1 aliphatic rings. The molecule has 0 spiro atoms. The van der Waals surface area contributed by atoms with Crippen LogP contribution < -0.4 is 5.32 Å². The average Bonchev–Trinajstić information content (AvgIpc) is 2.57. The second-order valence-corrected chi connectivity index (χ2v) is 6.72. The highest BCUT2D eigenvalue weighted by atomic mass is 32.2. The predicted octanol–water partition coefficient (Wildman–Crippen LogP) is 3.32. The summed E-state index contributed by atoms with van der Waals surface area (Å²) in [6, 6.07) is 12.7. The number of nitriles is 1. The van der Waals surface area contributed by atoms with Crippen LogP contribution in [0.15, 0.2) is 30.3 Å². The molecular weight excluding hydrogens is 280 g/mol. The third kappa shape index (κ3) is 4.47. The monoisotopic (exact) mass is 304 g/mol. The van der Waals surface area contributed by atoms with Crippen LogP contribution in [0.2, 0.25) is 0 Å². The molecule has 1 fully saturated rings. The zero-order valence-electron chi connectivity index (χ0n) is 12.7. The Labute approximate surface area is 132 Å². The second kappa shape index (κ2) is 8.43. The SMILES string of the molecule is CCCNC(C#N)(CSC1CCOCC1)c1ccccc1. The van der Waals surface area contributed by atoms with Gasteiger partial charge in [-0.3, -0.25) is 5.32 Å². The summed E-state index contributed by atoms with van der Waals surface area (Å²) >= 11 is 1.91. The number of nitrogens with zero attached hydrogens (tertiary/aromatic N) is 1. The van der Waals surface area contributed by atoms with Gasteiger partial charge in [0.25, 0.3) is 0 Å². The van der Waals surface area contributed by atoms with Crippen LogP contribution in [0.25, 0.3) is 0 Å². The normalized spacial score (nSPS) is 18.9. The Balaban J connectivity index is 2.09. The Morgan fingerprint density at radius 3 is 2.67 bits per heavy atom. The Kier molecular flexibility index (Phi) is 6.56. The van der Waals surface area contributed by atoms with Crippen molar-refractivity contribution in [2.75, 3.05) is 25.5 Å². The molecule has 1 unspecified atom stereocenters. The lowest BCUT2D eigenvalue weighted by atomic mass is 9.93. The molecule has 1 atom stereocenters. The number of thioether (sulfide) groups is 1. The maximum Gasteiger partial charge on any atom is 0.141 e. The minimum Gasteiger partial charge on any atom is -0.381 e. The average molecular weight is 304 g/mol. The largest absolute Gasteiger partial charge is 0.381 e. The highest BCUT2D eigenvalue weighted by Crippen LogP contribution is 2.30. The van der Waals surface area contributed by atoms with Crippen molar-refractivity contribution in [3.8, 4) is 6.07 Å². The first-order valence-corrected chi connectivity index (χ1v) is 8.77. The highest BCUT2D eigenvalue weighted by Gasteiger charge is 2.32. The van der Waals surface area contributed by atoms with E-state index in [-0.39, 0.29) is 0 Å². The van der Waals surface area contributed by atoms with Crippen LogP contribution in [0, 0.1) is 11.3 Å². The van der Waals surface area contributed by atoms with E-state index in [1.165, 1.54) is 0 Å². The summed E-state index contributed by atoms with van der Waals surface area (Å²) in [4.78, 5) is 0. The van der Waals surface area contributed by atoms with Gasteiger partial charge in [0.15, 0.2) is 0 Å². The number of benzene rings is 1. The third-order valence-corrected chi connectivity index (χ3v) is 5.38. The van der Waals surface area contributed by atoms with Gasteiger partial charge in [0.2, 0.25) is 0 Å². The molecule has 0 amide bonds. The molecule has 1 saturated heterocycles. The smallest absolute Gasteiger partial charge is 0.141 e. The van der Waals surface area contributed by atoms with Crippen LogP contribution in [0.3, 0.4) is 0 Å². The lowest BCUT2D eigenvalue weighted by molar-refractivity contribution is 0.1000. The van der Waals surface area contributed by atoms with E-state index in [1.54, 1.807) is 0 Å². The predicted molar refractivity (Wildman–Crippen MR) is 88.3 cm³/mol. The van der Waals surface area contributed by atoms with Crippen molar-refractivity contribution in [1.29, 1.82) is 5.26 Å². The fraction of sp³-hybridized carbons (Fsp3) is 0.588. The molecule has 0 saturated carbocycles. The summed E-state index contributed by atoms with van der Waals surface area (Å²) in [5.41, 5.74) is 0.487. The molecule has 4 heteroatoms. The molecule has 2 rings (SSSR count). The van der Waals surface area contributed by atoms with Gasteiger partial charge in [-0.05, 0) is 31.4 Å². The van der Waals surface area contributed by atoms with Crippen molar-refractivity contribution < 1.29 is 4.74 Å². The first kappa shape index (κ1) is 16.4. The first-order chi connectivity index (χ1) is 10.3. The van der Waals surface area contributed by atoms with E-state index >= 15 is 0 Å². The van der Waals surface area contributed by atoms with E-state index in [2.05, 4.69) is 30.4 Å². The van der Waals surface area contributed by atoms with Gasteiger partial charge in [0.05, 0.1) is 6.07 Å². The fourth-order valence-electron chi connectivity index (χ4n) is 2.52. The molecule has 1 N–H and O–H groups in total. The maximum atomic E-state index is 9.84. The number of hydrogen-bond donors (Lipinski definition) is 1. The van der Waals surface area contributed by atoms with Crippen molar-refractivity contribution in [3.63, 3.8) is 0 Å². The van der Waals surface area contributed by atoms with Crippen molar-refractivity contribution in [2.24, 2.45) is 0 Å². The van der Waals surface area contributed by atoms with E-state index in [9.17, 15) is 5.26 Å². The van der Waals surface area contributed by atoms with Gasteiger partial charge in [-0.1, -0.05) is 37.3 Å². The van der Waals surface area contributed by atoms with Gasteiger partial charge in [-0.25, -0.2) is 0 Å². The number of nitrogens with one attached hydrogen (secondary N) is 1. The topological polar surface area (TPSA) is 45.0 Å². The second-order valence-electron chi connectivity index (χ2n) is 5.43. The number of ether oxygens (including phenoxy) is 1. The number of rotatable bonds is 7. The Hall–Kier alpha value is -1.02. The van der Waals surface area contributed by atoms with Crippen molar-refractivity contribution in [3.05, 3.63) is 35.9 Å². The van der Waals surface area contributed by atoms with Gasteiger partial charge >= 0.3 is 0 Å². The summed E-state index contributed by atoms with van der Waals surface area (Å²) in [7, 11) is 0. The molecule has 1 aromatic rings. The fourth-order valence-corrected chi connectivity index (χ4v) is 3.86. The minimum absolute atomic E-state index is 0.583. The molecule has 0 bridgehead atoms. The van der Waals surface area contributed by atoms with Gasteiger partial charge in [0.1, 0.15) is 5.54 Å². The standard InChI is InChI=1S/C17H24N2OS/c1-2-10-19-17(13-18,15-6-4-3-5-7-15)14-21-16-8-11-20-12-9-16/h3-7,16,19H,2,8-12,14H2,1H3. The van der Waals surface area contributed by atoms with Crippen molar-refractivity contribution >= 4 is 11.8 Å². The van der Waals surface area contributed by atoms with Gasteiger partial charge in [0, 0.05) is 24.2 Å². The van der Waals surface area contributed by atoms with Crippen LogP contribution in [0.5, 0.6) is 0 Å². The van der Waals surface area contributed by atoms with Gasteiger partial charge < -0.3 is 4.74 Å². The van der Waals surface area contributed by atoms with Crippen molar-refractivity contribution in [1.82, 2.24) is 5.32 Å². The maximum absolute atomic E-state index is 9.84. The summed E-state index contributed by atoms with van der Waals surface area (Å²) < 4.78 is 5.41. The summed E-state index contributed by atoms with van der Waals surface area (Å²) in [6.07, 6.45) is 3.21. The Bertz CT molecular complexity index is 454. The molecule has 1 aromatic carbocycles. The zero-order valence-corrected chi connectivity index (χ0v) is 13.5.